The maximum absolute atomic E-state index is 13.3. The van der Waals surface area contributed by atoms with E-state index in [1.165, 1.54) is 23.8 Å². The normalized spacial score (nSPS) is 11.1. The van der Waals surface area contributed by atoms with Crippen molar-refractivity contribution in [3.05, 3.63) is 47.8 Å². The Balaban J connectivity index is 2.17. The van der Waals surface area contributed by atoms with Crippen molar-refractivity contribution in [2.45, 2.75) is 13.3 Å². The fourth-order valence-electron chi connectivity index (χ4n) is 2.02. The minimum atomic E-state index is -0.360. The molecule has 2 N–H and O–H groups in total. The number of aromatic nitrogens is 1. The Labute approximate surface area is 109 Å². The second kappa shape index (κ2) is 4.39. The second-order valence-corrected chi connectivity index (χ2v) is 4.41. The van der Waals surface area contributed by atoms with E-state index in [2.05, 4.69) is 11.9 Å². The summed E-state index contributed by atoms with van der Waals surface area (Å²) in [6.45, 7) is 2.08. The topological polar surface area (TPSA) is 52.0 Å². The van der Waals surface area contributed by atoms with Gasteiger partial charge in [-0.05, 0) is 42.3 Å². The summed E-state index contributed by atoms with van der Waals surface area (Å²) >= 11 is 0. The van der Waals surface area contributed by atoms with Gasteiger partial charge in [0.1, 0.15) is 11.3 Å². The molecule has 0 saturated heterocycles. The maximum atomic E-state index is 13.3. The van der Waals surface area contributed by atoms with E-state index in [1.807, 2.05) is 18.2 Å². The Kier molecular flexibility index (Phi) is 2.71. The summed E-state index contributed by atoms with van der Waals surface area (Å²) < 4.78 is 18.9. The summed E-state index contributed by atoms with van der Waals surface area (Å²) in [5.41, 5.74) is 9.38. The molecule has 1 aromatic heterocycles. The zero-order chi connectivity index (χ0) is 13.4. The molecule has 0 aliphatic heterocycles. The number of nitrogens with two attached hydrogens (primary N) is 1. The number of benzene rings is 2. The summed E-state index contributed by atoms with van der Waals surface area (Å²) in [6, 6.07) is 10.00. The third-order valence-corrected chi connectivity index (χ3v) is 3.11. The van der Waals surface area contributed by atoms with Crippen molar-refractivity contribution in [1.29, 1.82) is 0 Å². The number of hydrogen-bond donors (Lipinski definition) is 1. The Morgan fingerprint density at radius 3 is 2.84 bits per heavy atom. The number of aryl methyl sites for hydroxylation is 1. The second-order valence-electron chi connectivity index (χ2n) is 4.41. The number of oxazole rings is 1. The van der Waals surface area contributed by atoms with Gasteiger partial charge in [-0.25, -0.2) is 9.37 Å². The standard InChI is InChI=1S/C15H13FN2O/c1-2-9-3-6-14-13(7-9)18-15(19-14)11-8-10(16)4-5-12(11)17/h3-8H,2,17H2,1H3. The zero-order valence-corrected chi connectivity index (χ0v) is 10.5. The lowest BCUT2D eigenvalue weighted by Gasteiger charge is -2.00. The molecule has 2 aromatic carbocycles. The molecule has 0 aliphatic rings. The molecule has 0 aliphatic carbocycles. The smallest absolute Gasteiger partial charge is 0.229 e. The Hall–Kier alpha value is -2.36. The third-order valence-electron chi connectivity index (χ3n) is 3.11. The van der Waals surface area contributed by atoms with Crippen LogP contribution in [-0.4, -0.2) is 4.98 Å². The molecular weight excluding hydrogens is 243 g/mol. The largest absolute Gasteiger partial charge is 0.436 e. The minimum Gasteiger partial charge on any atom is -0.436 e. The van der Waals surface area contributed by atoms with Crippen LogP contribution in [0.4, 0.5) is 10.1 Å². The molecule has 0 bridgehead atoms. The van der Waals surface area contributed by atoms with Gasteiger partial charge in [0.15, 0.2) is 5.58 Å². The van der Waals surface area contributed by atoms with E-state index < -0.39 is 0 Å². The van der Waals surface area contributed by atoms with Crippen molar-refractivity contribution in [3.63, 3.8) is 0 Å². The first-order valence-corrected chi connectivity index (χ1v) is 6.12. The van der Waals surface area contributed by atoms with E-state index in [9.17, 15) is 4.39 Å². The molecule has 0 saturated carbocycles. The van der Waals surface area contributed by atoms with Crippen LogP contribution in [0.15, 0.2) is 40.8 Å². The van der Waals surface area contributed by atoms with Crippen LogP contribution in [0.2, 0.25) is 0 Å². The molecule has 0 spiro atoms. The van der Waals surface area contributed by atoms with Gasteiger partial charge in [0, 0.05) is 5.69 Å². The highest BCUT2D eigenvalue weighted by Crippen LogP contribution is 2.29. The third kappa shape index (κ3) is 2.05. The maximum Gasteiger partial charge on any atom is 0.229 e. The van der Waals surface area contributed by atoms with Crippen molar-refractivity contribution in [3.8, 4) is 11.5 Å². The van der Waals surface area contributed by atoms with Gasteiger partial charge in [-0.3, -0.25) is 0 Å². The molecule has 3 aromatic rings. The predicted molar refractivity (Wildman–Crippen MR) is 73.2 cm³/mol. The molecule has 0 fully saturated rings. The zero-order valence-electron chi connectivity index (χ0n) is 10.5. The molecule has 96 valence electrons. The predicted octanol–water partition coefficient (Wildman–Crippen LogP) is 3.78. The van der Waals surface area contributed by atoms with E-state index in [4.69, 9.17) is 10.2 Å². The van der Waals surface area contributed by atoms with Crippen LogP contribution in [-0.2, 0) is 6.42 Å². The van der Waals surface area contributed by atoms with Crippen LogP contribution in [0.1, 0.15) is 12.5 Å². The summed E-state index contributed by atoms with van der Waals surface area (Å²) in [5.74, 6) is -0.0130. The fourth-order valence-corrected chi connectivity index (χ4v) is 2.02. The Morgan fingerprint density at radius 1 is 1.21 bits per heavy atom. The van der Waals surface area contributed by atoms with E-state index in [0.29, 0.717) is 22.7 Å². The van der Waals surface area contributed by atoms with Gasteiger partial charge >= 0.3 is 0 Å². The first kappa shape index (κ1) is 11.7. The average molecular weight is 256 g/mol. The quantitative estimate of drug-likeness (QED) is 0.710. The van der Waals surface area contributed by atoms with Crippen LogP contribution in [0.25, 0.3) is 22.6 Å². The van der Waals surface area contributed by atoms with E-state index in [-0.39, 0.29) is 5.82 Å². The molecular formula is C15H13FN2O. The Morgan fingerprint density at radius 2 is 2.05 bits per heavy atom. The highest BCUT2D eigenvalue weighted by molar-refractivity contribution is 5.80. The van der Waals surface area contributed by atoms with Crippen molar-refractivity contribution >= 4 is 16.8 Å². The number of rotatable bonds is 2. The van der Waals surface area contributed by atoms with Gasteiger partial charge < -0.3 is 10.2 Å². The lowest BCUT2D eigenvalue weighted by Crippen LogP contribution is -1.91. The van der Waals surface area contributed by atoms with Gasteiger partial charge in [0.05, 0.1) is 5.56 Å². The summed E-state index contributed by atoms with van der Waals surface area (Å²) in [5, 5.41) is 0. The average Bonchev–Trinajstić information content (AvgIpc) is 2.83. The van der Waals surface area contributed by atoms with Gasteiger partial charge in [-0.15, -0.1) is 0 Å². The van der Waals surface area contributed by atoms with E-state index in [0.717, 1.165) is 11.9 Å². The summed E-state index contributed by atoms with van der Waals surface area (Å²) in [6.07, 6.45) is 0.931. The van der Waals surface area contributed by atoms with Crippen molar-refractivity contribution in [1.82, 2.24) is 4.98 Å². The molecule has 3 nitrogen and oxygen atoms in total. The lowest BCUT2D eigenvalue weighted by molar-refractivity contribution is 0.611. The molecule has 4 heteroatoms. The first-order valence-electron chi connectivity index (χ1n) is 6.12. The molecule has 19 heavy (non-hydrogen) atoms. The first-order chi connectivity index (χ1) is 9.17. The molecule has 3 rings (SSSR count). The van der Waals surface area contributed by atoms with Crippen LogP contribution in [0.3, 0.4) is 0 Å². The van der Waals surface area contributed by atoms with Crippen LogP contribution >= 0.6 is 0 Å². The van der Waals surface area contributed by atoms with Crippen LogP contribution < -0.4 is 5.73 Å². The van der Waals surface area contributed by atoms with Crippen molar-refractivity contribution in [2.24, 2.45) is 0 Å². The SMILES string of the molecule is CCc1ccc2oc(-c3cc(F)ccc3N)nc2c1. The minimum absolute atomic E-state index is 0.347. The number of anilines is 1. The number of nitrogens with zero attached hydrogens (tertiary/aromatic N) is 1. The van der Waals surface area contributed by atoms with Gasteiger partial charge in [-0.1, -0.05) is 13.0 Å². The number of halogens is 1. The summed E-state index contributed by atoms with van der Waals surface area (Å²) in [7, 11) is 0. The fraction of sp³-hybridized carbons (Fsp3) is 0.133. The summed E-state index contributed by atoms with van der Waals surface area (Å²) in [4.78, 5) is 4.38. The van der Waals surface area contributed by atoms with Crippen molar-refractivity contribution < 1.29 is 8.81 Å². The molecule has 1 heterocycles. The van der Waals surface area contributed by atoms with Gasteiger partial charge in [0.25, 0.3) is 0 Å². The van der Waals surface area contributed by atoms with E-state index in [1.54, 1.807) is 0 Å². The lowest BCUT2D eigenvalue weighted by atomic mass is 10.1. The number of nitrogen functional groups attached to an aromatic ring is 1. The number of fused-ring (bicyclic) bond motifs is 1. The van der Waals surface area contributed by atoms with Crippen LogP contribution in [0, 0.1) is 5.82 Å². The molecule has 0 radical (unpaired) electrons. The number of hydrogen-bond acceptors (Lipinski definition) is 3. The Bertz CT molecular complexity index is 749. The monoisotopic (exact) mass is 256 g/mol. The van der Waals surface area contributed by atoms with E-state index >= 15 is 0 Å². The van der Waals surface area contributed by atoms with Crippen molar-refractivity contribution in [2.75, 3.05) is 5.73 Å². The van der Waals surface area contributed by atoms with Gasteiger partial charge in [0.2, 0.25) is 5.89 Å². The highest BCUT2D eigenvalue weighted by Gasteiger charge is 2.12. The molecule has 0 amide bonds. The molecule has 0 unspecified atom stereocenters. The highest BCUT2D eigenvalue weighted by atomic mass is 19.1. The van der Waals surface area contributed by atoms with Crippen LogP contribution in [0.5, 0.6) is 0 Å². The molecule has 0 atom stereocenters. The van der Waals surface area contributed by atoms with Gasteiger partial charge in [-0.2, -0.15) is 0 Å².